The summed E-state index contributed by atoms with van der Waals surface area (Å²) < 4.78 is 0. The molecule has 1 aliphatic heterocycles. The van der Waals surface area contributed by atoms with Crippen molar-refractivity contribution >= 4 is 45.9 Å². The molecule has 2 aromatic heterocycles. The predicted octanol–water partition coefficient (Wildman–Crippen LogP) is 3.29. The number of nitrogens with zero attached hydrogens (tertiary/aromatic N) is 5. The Morgan fingerprint density at radius 3 is 2.58 bits per heavy atom. The molecular formula is C16H16Cl2N6. The molecule has 1 aromatic carbocycles. The molecule has 24 heavy (non-hydrogen) atoms. The molecule has 0 unspecified atom stereocenters. The Hall–Kier alpha value is -2.05. The molecule has 1 N–H and O–H groups in total. The van der Waals surface area contributed by atoms with Crippen LogP contribution in [0.4, 0.5) is 11.5 Å². The molecule has 0 bridgehead atoms. The monoisotopic (exact) mass is 362 g/mol. The number of benzene rings is 1. The third kappa shape index (κ3) is 2.76. The van der Waals surface area contributed by atoms with Crippen LogP contribution in [0.3, 0.4) is 0 Å². The van der Waals surface area contributed by atoms with Gasteiger partial charge in [-0.3, -0.25) is 0 Å². The van der Waals surface area contributed by atoms with Crippen molar-refractivity contribution in [2.24, 2.45) is 0 Å². The topological polar surface area (TPSA) is 60.9 Å². The molecule has 0 amide bonds. The van der Waals surface area contributed by atoms with Crippen molar-refractivity contribution in [3.05, 3.63) is 40.4 Å². The van der Waals surface area contributed by atoms with Crippen LogP contribution >= 0.6 is 23.2 Å². The van der Waals surface area contributed by atoms with Gasteiger partial charge in [-0.2, -0.15) is 9.97 Å². The minimum atomic E-state index is 0.231. The number of aryl methyl sites for hydroxylation is 1. The van der Waals surface area contributed by atoms with Crippen molar-refractivity contribution in [2.75, 3.05) is 36.0 Å². The lowest BCUT2D eigenvalue weighted by molar-refractivity contribution is 0.647. The smallest absolute Gasteiger partial charge is 0.226 e. The van der Waals surface area contributed by atoms with Crippen molar-refractivity contribution < 1.29 is 0 Å². The number of anilines is 2. The Bertz CT molecular complexity index is 885. The average molecular weight is 363 g/mol. The molecule has 3 heterocycles. The van der Waals surface area contributed by atoms with E-state index in [1.54, 1.807) is 6.33 Å². The van der Waals surface area contributed by atoms with Crippen LogP contribution < -0.4 is 9.80 Å². The second-order valence-corrected chi connectivity index (χ2v) is 6.60. The largest absolute Gasteiger partial charge is 0.368 e. The van der Waals surface area contributed by atoms with Crippen LogP contribution in [0.2, 0.25) is 10.3 Å². The van der Waals surface area contributed by atoms with Gasteiger partial charge in [0.25, 0.3) is 0 Å². The van der Waals surface area contributed by atoms with Crippen molar-refractivity contribution in [3.8, 4) is 0 Å². The highest BCUT2D eigenvalue weighted by Gasteiger charge is 2.22. The normalized spacial score (nSPS) is 15.3. The van der Waals surface area contributed by atoms with E-state index in [4.69, 9.17) is 23.2 Å². The molecule has 0 spiro atoms. The summed E-state index contributed by atoms with van der Waals surface area (Å²) in [7, 11) is 0. The molecule has 0 saturated carbocycles. The highest BCUT2D eigenvalue weighted by molar-refractivity contribution is 6.30. The van der Waals surface area contributed by atoms with Gasteiger partial charge in [0.05, 0.1) is 6.33 Å². The number of nitrogens with one attached hydrogen (secondary N) is 1. The van der Waals surface area contributed by atoms with E-state index < -0.39 is 0 Å². The number of halogens is 2. The first kappa shape index (κ1) is 15.5. The lowest BCUT2D eigenvalue weighted by Gasteiger charge is -2.37. The minimum Gasteiger partial charge on any atom is -0.368 e. The third-order valence-corrected chi connectivity index (χ3v) is 4.73. The van der Waals surface area contributed by atoms with E-state index in [-0.39, 0.29) is 5.28 Å². The number of hydrogen-bond donors (Lipinski definition) is 1. The van der Waals surface area contributed by atoms with Crippen LogP contribution in [0.25, 0.3) is 11.2 Å². The number of aromatic nitrogens is 4. The SMILES string of the molecule is Cc1ccc(Cl)cc1N1CCN(c2nc(Cl)nc3[nH]cnc23)CC1. The molecule has 0 atom stereocenters. The Kier molecular flexibility index (Phi) is 3.94. The quantitative estimate of drug-likeness (QED) is 0.708. The fourth-order valence-electron chi connectivity index (χ4n) is 3.10. The molecule has 0 radical (unpaired) electrons. The molecule has 3 aromatic rings. The van der Waals surface area contributed by atoms with E-state index in [0.717, 1.165) is 42.5 Å². The molecule has 6 nitrogen and oxygen atoms in total. The Balaban J connectivity index is 1.57. The fourth-order valence-corrected chi connectivity index (χ4v) is 3.43. The van der Waals surface area contributed by atoms with E-state index in [2.05, 4.69) is 42.7 Å². The minimum absolute atomic E-state index is 0.231. The maximum absolute atomic E-state index is 6.15. The molecule has 1 saturated heterocycles. The predicted molar refractivity (Wildman–Crippen MR) is 97.3 cm³/mol. The van der Waals surface area contributed by atoms with E-state index in [9.17, 15) is 0 Å². The zero-order valence-electron chi connectivity index (χ0n) is 13.1. The number of H-pyrrole nitrogens is 1. The van der Waals surface area contributed by atoms with Gasteiger partial charge < -0.3 is 14.8 Å². The Labute approximate surface area is 149 Å². The number of rotatable bonds is 2. The second kappa shape index (κ2) is 6.11. The van der Waals surface area contributed by atoms with Crippen LogP contribution in [0, 0.1) is 6.92 Å². The fraction of sp³-hybridized carbons (Fsp3) is 0.312. The molecule has 0 aliphatic carbocycles. The molecule has 1 fully saturated rings. The summed E-state index contributed by atoms with van der Waals surface area (Å²) in [6.07, 6.45) is 1.62. The van der Waals surface area contributed by atoms with Gasteiger partial charge in [-0.15, -0.1) is 0 Å². The molecule has 8 heteroatoms. The number of imidazole rings is 1. The molecule has 1 aliphatic rings. The number of piperazine rings is 1. The number of fused-ring (bicyclic) bond motifs is 1. The maximum atomic E-state index is 6.15. The van der Waals surface area contributed by atoms with Gasteiger partial charge in [-0.1, -0.05) is 17.7 Å². The summed E-state index contributed by atoms with van der Waals surface area (Å²) in [5.41, 5.74) is 3.84. The second-order valence-electron chi connectivity index (χ2n) is 5.82. The molecule has 4 rings (SSSR count). The van der Waals surface area contributed by atoms with E-state index >= 15 is 0 Å². The van der Waals surface area contributed by atoms with Crippen molar-refractivity contribution in [1.82, 2.24) is 19.9 Å². The van der Waals surface area contributed by atoms with Crippen LogP contribution in [0.1, 0.15) is 5.56 Å². The summed E-state index contributed by atoms with van der Waals surface area (Å²) >= 11 is 12.2. The first-order valence-corrected chi connectivity index (χ1v) is 8.50. The van der Waals surface area contributed by atoms with Gasteiger partial charge in [-0.25, -0.2) is 4.98 Å². The number of hydrogen-bond acceptors (Lipinski definition) is 5. The highest BCUT2D eigenvalue weighted by Crippen LogP contribution is 2.28. The van der Waals surface area contributed by atoms with Gasteiger partial charge in [-0.05, 0) is 36.2 Å². The van der Waals surface area contributed by atoms with Crippen LogP contribution in [0.5, 0.6) is 0 Å². The number of aromatic amines is 1. The van der Waals surface area contributed by atoms with E-state index in [1.807, 2.05) is 12.1 Å². The lowest BCUT2D eigenvalue weighted by atomic mass is 10.1. The summed E-state index contributed by atoms with van der Waals surface area (Å²) in [5, 5.41) is 0.994. The zero-order chi connectivity index (χ0) is 16.7. The van der Waals surface area contributed by atoms with Crippen LogP contribution in [0.15, 0.2) is 24.5 Å². The summed E-state index contributed by atoms with van der Waals surface area (Å²) in [4.78, 5) is 20.4. The van der Waals surface area contributed by atoms with Gasteiger partial charge in [0.15, 0.2) is 17.0 Å². The van der Waals surface area contributed by atoms with Gasteiger partial charge in [0, 0.05) is 36.9 Å². The van der Waals surface area contributed by atoms with Crippen LogP contribution in [-0.2, 0) is 0 Å². The summed E-state index contributed by atoms with van der Waals surface area (Å²) in [5.74, 6) is 0.786. The van der Waals surface area contributed by atoms with Crippen LogP contribution in [-0.4, -0.2) is 46.1 Å². The zero-order valence-corrected chi connectivity index (χ0v) is 14.6. The summed E-state index contributed by atoms with van der Waals surface area (Å²) in [6, 6.07) is 6.01. The van der Waals surface area contributed by atoms with Crippen molar-refractivity contribution in [3.63, 3.8) is 0 Å². The first-order valence-electron chi connectivity index (χ1n) is 7.74. The Morgan fingerprint density at radius 1 is 1.04 bits per heavy atom. The van der Waals surface area contributed by atoms with Gasteiger partial charge in [0.1, 0.15) is 0 Å². The first-order chi connectivity index (χ1) is 11.6. The molecule has 124 valence electrons. The molecular weight excluding hydrogens is 347 g/mol. The van der Waals surface area contributed by atoms with Gasteiger partial charge >= 0.3 is 0 Å². The standard InChI is InChI=1S/C16H16Cl2N6/c1-10-2-3-11(17)8-12(10)23-4-6-24(7-5-23)15-13-14(20-9-19-13)21-16(18)22-15/h2-3,8-9H,4-7H2,1H3,(H,19,20,21,22). The van der Waals surface area contributed by atoms with E-state index in [1.165, 1.54) is 11.3 Å². The van der Waals surface area contributed by atoms with E-state index in [0.29, 0.717) is 5.65 Å². The third-order valence-electron chi connectivity index (χ3n) is 4.32. The average Bonchev–Trinajstić information content (AvgIpc) is 3.05. The Morgan fingerprint density at radius 2 is 1.79 bits per heavy atom. The lowest BCUT2D eigenvalue weighted by Crippen LogP contribution is -2.47. The van der Waals surface area contributed by atoms with Gasteiger partial charge in [0.2, 0.25) is 5.28 Å². The summed E-state index contributed by atoms with van der Waals surface area (Å²) in [6.45, 7) is 5.54. The van der Waals surface area contributed by atoms with Crippen molar-refractivity contribution in [1.29, 1.82) is 0 Å². The highest BCUT2D eigenvalue weighted by atomic mass is 35.5. The maximum Gasteiger partial charge on any atom is 0.226 e. The van der Waals surface area contributed by atoms with Crippen molar-refractivity contribution in [2.45, 2.75) is 6.92 Å².